The lowest BCUT2D eigenvalue weighted by Gasteiger charge is -2.39. The van der Waals surface area contributed by atoms with Gasteiger partial charge in [0.05, 0.1) is 7.11 Å². The molecule has 1 saturated carbocycles. The van der Waals surface area contributed by atoms with E-state index in [1.165, 1.54) is 57.6 Å². The number of carbonyl (C=O) groups excluding carboxylic acids is 1. The number of benzene rings is 1. The van der Waals surface area contributed by atoms with Gasteiger partial charge in [-0.2, -0.15) is 0 Å². The Hall–Kier alpha value is -1.39. The molecule has 0 radical (unpaired) electrons. The average Bonchev–Trinajstić information content (AvgIpc) is 2.71. The molecule has 27 heavy (non-hydrogen) atoms. The maximum Gasteiger partial charge on any atom is 0.305 e. The zero-order valence-electron chi connectivity index (χ0n) is 16.9. The van der Waals surface area contributed by atoms with E-state index >= 15 is 0 Å². The van der Waals surface area contributed by atoms with Crippen LogP contribution in [0.3, 0.4) is 0 Å². The van der Waals surface area contributed by atoms with Crippen LogP contribution in [0.1, 0.15) is 56.9 Å². The summed E-state index contributed by atoms with van der Waals surface area (Å²) in [6.07, 6.45) is 10.6. The molecule has 1 aromatic rings. The van der Waals surface area contributed by atoms with Crippen molar-refractivity contribution >= 4 is 5.97 Å². The molecule has 1 heterocycles. The Bertz CT molecular complexity index is 555. The van der Waals surface area contributed by atoms with Crippen molar-refractivity contribution in [2.75, 3.05) is 26.7 Å². The molecule has 1 aromatic carbocycles. The fraction of sp³-hybridized carbons (Fsp3) is 0.696. The number of hydrogen-bond donors (Lipinski definition) is 1. The average molecular weight is 373 g/mol. The summed E-state index contributed by atoms with van der Waals surface area (Å²) in [5.41, 5.74) is 1.48. The van der Waals surface area contributed by atoms with Gasteiger partial charge >= 0.3 is 5.97 Å². The van der Waals surface area contributed by atoms with Gasteiger partial charge in [0.1, 0.15) is 0 Å². The zero-order valence-corrected chi connectivity index (χ0v) is 16.9. The van der Waals surface area contributed by atoms with Crippen molar-refractivity contribution in [1.29, 1.82) is 0 Å². The summed E-state index contributed by atoms with van der Waals surface area (Å²) in [4.78, 5) is 13.7. The molecule has 2 fully saturated rings. The van der Waals surface area contributed by atoms with Gasteiger partial charge in [-0.05, 0) is 69.6 Å². The van der Waals surface area contributed by atoms with Crippen LogP contribution in [0, 0.1) is 5.92 Å². The normalized spacial score (nSPS) is 24.6. The fourth-order valence-electron chi connectivity index (χ4n) is 4.76. The third-order valence-corrected chi connectivity index (χ3v) is 6.37. The first-order valence-corrected chi connectivity index (χ1v) is 10.8. The Morgan fingerprint density at radius 3 is 2.59 bits per heavy atom. The molecular weight excluding hydrogens is 336 g/mol. The van der Waals surface area contributed by atoms with Crippen LogP contribution in [0.25, 0.3) is 0 Å². The van der Waals surface area contributed by atoms with Crippen LogP contribution in [0.15, 0.2) is 30.3 Å². The van der Waals surface area contributed by atoms with E-state index in [4.69, 9.17) is 4.74 Å². The summed E-state index contributed by atoms with van der Waals surface area (Å²) in [5, 5.41) is 4.03. The van der Waals surface area contributed by atoms with Crippen molar-refractivity contribution in [2.45, 2.75) is 69.9 Å². The van der Waals surface area contributed by atoms with Crippen LogP contribution >= 0.6 is 0 Å². The van der Waals surface area contributed by atoms with E-state index in [1.807, 2.05) is 0 Å². The number of nitrogens with one attached hydrogen (secondary N) is 1. The van der Waals surface area contributed by atoms with E-state index < -0.39 is 0 Å². The van der Waals surface area contributed by atoms with E-state index in [-0.39, 0.29) is 5.97 Å². The molecule has 4 nitrogen and oxygen atoms in total. The Morgan fingerprint density at radius 1 is 1.11 bits per heavy atom. The molecule has 0 bridgehead atoms. The first-order valence-electron chi connectivity index (χ1n) is 10.8. The smallest absolute Gasteiger partial charge is 0.305 e. The van der Waals surface area contributed by atoms with Crippen LogP contribution in [0.5, 0.6) is 0 Å². The van der Waals surface area contributed by atoms with Gasteiger partial charge in [0, 0.05) is 18.5 Å². The molecule has 0 unspecified atom stereocenters. The summed E-state index contributed by atoms with van der Waals surface area (Å²) in [6.45, 7) is 3.31. The predicted molar refractivity (Wildman–Crippen MR) is 110 cm³/mol. The summed E-state index contributed by atoms with van der Waals surface area (Å²) in [6, 6.07) is 12.3. The Balaban J connectivity index is 1.41. The highest BCUT2D eigenvalue weighted by Gasteiger charge is 2.28. The lowest BCUT2D eigenvalue weighted by molar-refractivity contribution is -0.140. The van der Waals surface area contributed by atoms with Gasteiger partial charge in [0.15, 0.2) is 0 Å². The number of ether oxygens (including phenoxy) is 1. The second kappa shape index (κ2) is 10.8. The van der Waals surface area contributed by atoms with Crippen molar-refractivity contribution in [3.63, 3.8) is 0 Å². The molecule has 1 N–H and O–H groups in total. The van der Waals surface area contributed by atoms with E-state index in [0.29, 0.717) is 18.5 Å². The standard InChI is InChI=1S/C23H36N2O2/c1-27-23(26)12-7-15-25-16-13-21(14-17-25)24-22-11-6-5-10-20(22)18-19-8-3-2-4-9-19/h2-4,8-9,20-22,24H,5-7,10-18H2,1H3/t20-,22-/m0/s1. The van der Waals surface area contributed by atoms with Crippen LogP contribution in [-0.2, 0) is 16.0 Å². The molecule has 1 saturated heterocycles. The summed E-state index contributed by atoms with van der Waals surface area (Å²) in [5.74, 6) is 0.688. The molecule has 2 aliphatic rings. The van der Waals surface area contributed by atoms with Crippen LogP contribution in [-0.4, -0.2) is 49.7 Å². The molecule has 4 heteroatoms. The maximum atomic E-state index is 11.2. The number of hydrogen-bond acceptors (Lipinski definition) is 4. The molecule has 3 rings (SSSR count). The predicted octanol–water partition coefficient (Wildman–Crippen LogP) is 3.80. The van der Waals surface area contributed by atoms with Gasteiger partial charge in [0.25, 0.3) is 0 Å². The number of rotatable bonds is 8. The number of likely N-dealkylation sites (tertiary alicyclic amines) is 1. The minimum atomic E-state index is -0.0895. The number of nitrogens with zero attached hydrogens (tertiary/aromatic N) is 1. The van der Waals surface area contributed by atoms with Crippen LogP contribution < -0.4 is 5.32 Å². The fourth-order valence-corrected chi connectivity index (χ4v) is 4.76. The molecule has 1 aliphatic heterocycles. The zero-order chi connectivity index (χ0) is 18.9. The summed E-state index contributed by atoms with van der Waals surface area (Å²) < 4.78 is 4.73. The van der Waals surface area contributed by atoms with Crippen molar-refractivity contribution < 1.29 is 9.53 Å². The molecule has 150 valence electrons. The van der Waals surface area contributed by atoms with E-state index in [1.54, 1.807) is 0 Å². The number of methoxy groups -OCH3 is 1. The molecule has 1 aliphatic carbocycles. The van der Waals surface area contributed by atoms with Crippen molar-refractivity contribution in [1.82, 2.24) is 10.2 Å². The quantitative estimate of drug-likeness (QED) is 0.705. The van der Waals surface area contributed by atoms with Gasteiger partial charge in [-0.15, -0.1) is 0 Å². The maximum absolute atomic E-state index is 11.2. The largest absolute Gasteiger partial charge is 0.469 e. The van der Waals surface area contributed by atoms with E-state index in [2.05, 4.69) is 40.5 Å². The van der Waals surface area contributed by atoms with Crippen molar-refractivity contribution in [2.24, 2.45) is 5.92 Å². The van der Waals surface area contributed by atoms with Crippen LogP contribution in [0.4, 0.5) is 0 Å². The molecule has 2 atom stereocenters. The first kappa shape index (κ1) is 20.3. The Morgan fingerprint density at radius 2 is 1.85 bits per heavy atom. The van der Waals surface area contributed by atoms with Crippen LogP contribution in [0.2, 0.25) is 0 Å². The van der Waals surface area contributed by atoms with E-state index in [9.17, 15) is 4.79 Å². The molecule has 0 spiro atoms. The van der Waals surface area contributed by atoms with Gasteiger partial charge in [0.2, 0.25) is 0 Å². The topological polar surface area (TPSA) is 41.6 Å². The lowest BCUT2D eigenvalue weighted by atomic mass is 9.80. The van der Waals surface area contributed by atoms with Crippen molar-refractivity contribution in [3.05, 3.63) is 35.9 Å². The highest BCUT2D eigenvalue weighted by atomic mass is 16.5. The molecular formula is C23H36N2O2. The van der Waals surface area contributed by atoms with Gasteiger partial charge < -0.3 is 15.0 Å². The summed E-state index contributed by atoms with van der Waals surface area (Å²) >= 11 is 0. The summed E-state index contributed by atoms with van der Waals surface area (Å²) in [7, 11) is 1.47. The molecule has 0 aromatic heterocycles. The minimum Gasteiger partial charge on any atom is -0.469 e. The highest BCUT2D eigenvalue weighted by molar-refractivity contribution is 5.69. The molecule has 0 amide bonds. The first-order chi connectivity index (χ1) is 13.2. The van der Waals surface area contributed by atoms with Gasteiger partial charge in [-0.3, -0.25) is 4.79 Å². The second-order valence-corrected chi connectivity index (χ2v) is 8.30. The third kappa shape index (κ3) is 6.62. The highest BCUT2D eigenvalue weighted by Crippen LogP contribution is 2.29. The third-order valence-electron chi connectivity index (χ3n) is 6.37. The van der Waals surface area contributed by atoms with Gasteiger partial charge in [-0.25, -0.2) is 0 Å². The minimum absolute atomic E-state index is 0.0895. The SMILES string of the molecule is COC(=O)CCCN1CCC(N[C@H]2CCCC[C@H]2Cc2ccccc2)CC1. The van der Waals surface area contributed by atoms with Crippen molar-refractivity contribution in [3.8, 4) is 0 Å². The monoisotopic (exact) mass is 372 g/mol. The number of carbonyl (C=O) groups is 1. The lowest BCUT2D eigenvalue weighted by Crippen LogP contribution is -2.49. The second-order valence-electron chi connectivity index (χ2n) is 8.30. The number of piperidine rings is 1. The van der Waals surface area contributed by atoms with Gasteiger partial charge in [-0.1, -0.05) is 43.2 Å². The Kier molecular flexibility index (Phi) is 8.15. The number of esters is 1. The van der Waals surface area contributed by atoms with E-state index in [0.717, 1.165) is 32.0 Å². The Labute approximate surface area is 164 Å².